The largest absolute Gasteiger partial charge is 0.402 e. The summed E-state index contributed by atoms with van der Waals surface area (Å²) in [7, 11) is 2.15. The predicted octanol–water partition coefficient (Wildman–Crippen LogP) is 3.17. The second kappa shape index (κ2) is 7.15. The Morgan fingerprint density at radius 3 is 2.62 bits per heavy atom. The lowest BCUT2D eigenvalue weighted by atomic mass is 10.2. The second-order valence-corrected chi connectivity index (χ2v) is 7.10. The standard InChI is InChI=1S/C18H18N6OS/c1-23-6-8-24(9-7-23)15-4-2-14(3-5-15)20-18-22-21-17(25-18)16-10-13(11-19)12-26-16/h2-5,10,12H,6-9H2,1H3,(H,20,22). The third-order valence-corrected chi connectivity index (χ3v) is 5.27. The van der Waals surface area contributed by atoms with Gasteiger partial charge in [0.15, 0.2) is 0 Å². The molecule has 1 saturated heterocycles. The first-order chi connectivity index (χ1) is 12.7. The molecular weight excluding hydrogens is 348 g/mol. The SMILES string of the molecule is CN1CCN(c2ccc(Nc3nnc(-c4cc(C#N)cs4)o3)cc2)CC1. The van der Waals surface area contributed by atoms with Gasteiger partial charge in [-0.25, -0.2) is 0 Å². The van der Waals surface area contributed by atoms with Gasteiger partial charge >= 0.3 is 6.01 Å². The van der Waals surface area contributed by atoms with E-state index >= 15 is 0 Å². The number of nitrogens with one attached hydrogen (secondary N) is 1. The Bertz CT molecular complexity index is 918. The molecule has 2 aromatic heterocycles. The highest BCUT2D eigenvalue weighted by Gasteiger charge is 2.15. The van der Waals surface area contributed by atoms with Crippen LogP contribution >= 0.6 is 11.3 Å². The average Bonchev–Trinajstić information content (AvgIpc) is 3.32. The molecule has 0 radical (unpaired) electrons. The minimum absolute atomic E-state index is 0.333. The van der Waals surface area contributed by atoms with Gasteiger partial charge in [-0.2, -0.15) is 5.26 Å². The van der Waals surface area contributed by atoms with Gasteiger partial charge in [-0.3, -0.25) is 0 Å². The van der Waals surface area contributed by atoms with Crippen molar-refractivity contribution < 1.29 is 4.42 Å². The Balaban J connectivity index is 1.42. The van der Waals surface area contributed by atoms with E-state index in [4.69, 9.17) is 9.68 Å². The lowest BCUT2D eigenvalue weighted by Crippen LogP contribution is -2.44. The van der Waals surface area contributed by atoms with Gasteiger partial charge in [0, 0.05) is 42.9 Å². The summed E-state index contributed by atoms with van der Waals surface area (Å²) in [4.78, 5) is 5.51. The minimum atomic E-state index is 0.333. The Morgan fingerprint density at radius 1 is 1.15 bits per heavy atom. The molecule has 1 fully saturated rings. The molecule has 3 aromatic rings. The molecule has 0 spiro atoms. The Morgan fingerprint density at radius 2 is 1.92 bits per heavy atom. The zero-order chi connectivity index (χ0) is 17.9. The summed E-state index contributed by atoms with van der Waals surface area (Å²) in [6, 6.07) is 12.4. The van der Waals surface area contributed by atoms with Gasteiger partial charge in [0.2, 0.25) is 0 Å². The molecule has 26 heavy (non-hydrogen) atoms. The van der Waals surface area contributed by atoms with Crippen molar-refractivity contribution in [3.05, 3.63) is 41.3 Å². The third-order valence-electron chi connectivity index (χ3n) is 4.35. The number of nitrogens with zero attached hydrogens (tertiary/aromatic N) is 5. The zero-order valence-corrected chi connectivity index (χ0v) is 15.2. The van der Waals surface area contributed by atoms with Crippen molar-refractivity contribution in [1.82, 2.24) is 15.1 Å². The van der Waals surface area contributed by atoms with Crippen LogP contribution in [-0.2, 0) is 0 Å². The Hall–Kier alpha value is -2.89. The lowest BCUT2D eigenvalue weighted by Gasteiger charge is -2.34. The smallest absolute Gasteiger partial charge is 0.320 e. The van der Waals surface area contributed by atoms with Gasteiger partial charge in [0.05, 0.1) is 10.4 Å². The molecule has 4 rings (SSSR count). The Labute approximate surface area is 155 Å². The normalized spacial score (nSPS) is 15.0. The van der Waals surface area contributed by atoms with Crippen molar-refractivity contribution >= 4 is 28.7 Å². The van der Waals surface area contributed by atoms with Crippen LogP contribution in [0, 0.1) is 11.3 Å². The van der Waals surface area contributed by atoms with Crippen LogP contribution in [0.2, 0.25) is 0 Å². The monoisotopic (exact) mass is 366 g/mol. The number of aromatic nitrogens is 2. The van der Waals surface area contributed by atoms with Crippen LogP contribution in [0.4, 0.5) is 17.4 Å². The molecule has 132 valence electrons. The number of piperazine rings is 1. The van der Waals surface area contributed by atoms with Crippen molar-refractivity contribution in [1.29, 1.82) is 5.26 Å². The van der Waals surface area contributed by atoms with Gasteiger partial charge in [0.1, 0.15) is 6.07 Å². The maximum atomic E-state index is 8.90. The fourth-order valence-corrected chi connectivity index (χ4v) is 3.58. The van der Waals surface area contributed by atoms with E-state index in [1.54, 1.807) is 11.4 Å². The fraction of sp³-hybridized carbons (Fsp3) is 0.278. The number of benzene rings is 1. The van der Waals surface area contributed by atoms with Crippen molar-refractivity contribution in [2.75, 3.05) is 43.4 Å². The van der Waals surface area contributed by atoms with E-state index in [1.807, 2.05) is 12.1 Å². The first kappa shape index (κ1) is 16.6. The van der Waals surface area contributed by atoms with Gasteiger partial charge in [0.25, 0.3) is 5.89 Å². The molecule has 1 aliphatic rings. The molecule has 3 heterocycles. The summed E-state index contributed by atoms with van der Waals surface area (Å²) in [5.74, 6) is 0.410. The summed E-state index contributed by atoms with van der Waals surface area (Å²) in [5, 5.41) is 21.9. The number of hydrogen-bond acceptors (Lipinski definition) is 8. The van der Waals surface area contributed by atoms with Crippen LogP contribution < -0.4 is 10.2 Å². The van der Waals surface area contributed by atoms with Crippen LogP contribution in [0.25, 0.3) is 10.8 Å². The third kappa shape index (κ3) is 3.54. The number of nitriles is 1. The highest BCUT2D eigenvalue weighted by molar-refractivity contribution is 7.13. The number of likely N-dealkylation sites (N-methyl/N-ethyl adjacent to an activating group) is 1. The van der Waals surface area contributed by atoms with E-state index in [9.17, 15) is 0 Å². The van der Waals surface area contributed by atoms with Crippen LogP contribution in [0.1, 0.15) is 5.56 Å². The zero-order valence-electron chi connectivity index (χ0n) is 14.3. The van der Waals surface area contributed by atoms with E-state index in [-0.39, 0.29) is 0 Å². The Kier molecular flexibility index (Phi) is 4.56. The first-order valence-corrected chi connectivity index (χ1v) is 9.22. The van der Waals surface area contributed by atoms with Gasteiger partial charge < -0.3 is 19.5 Å². The van der Waals surface area contributed by atoms with Gasteiger partial charge in [-0.05, 0) is 37.4 Å². The summed E-state index contributed by atoms with van der Waals surface area (Å²) in [5.41, 5.74) is 2.71. The number of thiophene rings is 1. The van der Waals surface area contributed by atoms with E-state index in [2.05, 4.69) is 50.6 Å². The maximum absolute atomic E-state index is 8.90. The van der Waals surface area contributed by atoms with Crippen LogP contribution in [0.3, 0.4) is 0 Å². The molecule has 1 aliphatic heterocycles. The summed E-state index contributed by atoms with van der Waals surface area (Å²) >= 11 is 1.41. The molecule has 8 heteroatoms. The highest BCUT2D eigenvalue weighted by Crippen LogP contribution is 2.28. The second-order valence-electron chi connectivity index (χ2n) is 6.19. The van der Waals surface area contributed by atoms with Crippen LogP contribution in [-0.4, -0.2) is 48.3 Å². The minimum Gasteiger partial charge on any atom is -0.402 e. The van der Waals surface area contributed by atoms with Crippen molar-refractivity contribution in [3.63, 3.8) is 0 Å². The molecule has 1 N–H and O–H groups in total. The first-order valence-electron chi connectivity index (χ1n) is 8.34. The van der Waals surface area contributed by atoms with E-state index in [0.29, 0.717) is 17.5 Å². The van der Waals surface area contributed by atoms with Crippen molar-refractivity contribution in [2.45, 2.75) is 0 Å². The summed E-state index contributed by atoms with van der Waals surface area (Å²) in [6.07, 6.45) is 0. The lowest BCUT2D eigenvalue weighted by molar-refractivity contribution is 0.313. The molecule has 0 atom stereocenters. The maximum Gasteiger partial charge on any atom is 0.320 e. The van der Waals surface area contributed by atoms with Gasteiger partial charge in [-0.15, -0.1) is 16.4 Å². The van der Waals surface area contributed by atoms with E-state index < -0.39 is 0 Å². The molecule has 0 unspecified atom stereocenters. The quantitative estimate of drug-likeness (QED) is 0.759. The summed E-state index contributed by atoms with van der Waals surface area (Å²) < 4.78 is 5.64. The molecule has 0 saturated carbocycles. The van der Waals surface area contributed by atoms with Crippen molar-refractivity contribution in [2.24, 2.45) is 0 Å². The van der Waals surface area contributed by atoms with E-state index in [1.165, 1.54) is 17.0 Å². The molecule has 0 aliphatic carbocycles. The van der Waals surface area contributed by atoms with Crippen LogP contribution in [0.15, 0.2) is 40.1 Å². The molecule has 0 bridgehead atoms. The highest BCUT2D eigenvalue weighted by atomic mass is 32.1. The molecule has 1 aromatic carbocycles. The molecule has 7 nitrogen and oxygen atoms in total. The number of rotatable bonds is 4. The number of anilines is 3. The van der Waals surface area contributed by atoms with Crippen molar-refractivity contribution in [3.8, 4) is 16.8 Å². The van der Waals surface area contributed by atoms with E-state index in [0.717, 1.165) is 36.7 Å². The summed E-state index contributed by atoms with van der Waals surface area (Å²) in [6.45, 7) is 4.26. The predicted molar refractivity (Wildman–Crippen MR) is 102 cm³/mol. The number of hydrogen-bond donors (Lipinski definition) is 1. The fourth-order valence-electron chi connectivity index (χ4n) is 2.82. The topological polar surface area (TPSA) is 81.2 Å². The van der Waals surface area contributed by atoms with Crippen LogP contribution in [0.5, 0.6) is 0 Å². The molecule has 0 amide bonds. The van der Waals surface area contributed by atoms with Gasteiger partial charge in [-0.1, -0.05) is 5.10 Å². The molecular formula is C18H18N6OS. The average molecular weight is 366 g/mol.